The van der Waals surface area contributed by atoms with Gasteiger partial charge < -0.3 is 5.32 Å². The van der Waals surface area contributed by atoms with E-state index in [0.717, 1.165) is 25.6 Å². The number of aromatic nitrogens is 1. The Morgan fingerprint density at radius 2 is 1.95 bits per heavy atom. The van der Waals surface area contributed by atoms with Crippen LogP contribution in [0.2, 0.25) is 0 Å². The average Bonchev–Trinajstić information content (AvgIpc) is 2.46. The van der Waals surface area contributed by atoms with Crippen LogP contribution in [0, 0.1) is 11.3 Å². The first-order valence-corrected chi connectivity index (χ1v) is 8.36. The molecule has 1 fully saturated rings. The molecular formula is C18H31N3. The SMILES string of the molecule is CCNCc1ccc(CN2CCC(C(C)(C)C)CC2)nc1. The third kappa shape index (κ3) is 5.08. The number of piperidine rings is 1. The summed E-state index contributed by atoms with van der Waals surface area (Å²) >= 11 is 0. The van der Waals surface area contributed by atoms with Gasteiger partial charge in [0.05, 0.1) is 5.69 Å². The molecule has 0 unspecified atom stereocenters. The van der Waals surface area contributed by atoms with E-state index in [4.69, 9.17) is 0 Å². The summed E-state index contributed by atoms with van der Waals surface area (Å²) < 4.78 is 0. The van der Waals surface area contributed by atoms with Crippen molar-refractivity contribution in [3.05, 3.63) is 29.6 Å². The largest absolute Gasteiger partial charge is 0.313 e. The van der Waals surface area contributed by atoms with E-state index in [9.17, 15) is 0 Å². The fourth-order valence-electron chi connectivity index (χ4n) is 3.11. The number of pyridine rings is 1. The van der Waals surface area contributed by atoms with Gasteiger partial charge in [-0.2, -0.15) is 0 Å². The van der Waals surface area contributed by atoms with Gasteiger partial charge in [0, 0.05) is 19.3 Å². The van der Waals surface area contributed by atoms with Crippen molar-refractivity contribution in [2.45, 2.75) is 53.6 Å². The predicted octanol–water partition coefficient (Wildman–Crippen LogP) is 3.45. The number of nitrogens with one attached hydrogen (secondary N) is 1. The lowest BCUT2D eigenvalue weighted by Crippen LogP contribution is -2.37. The Balaban J connectivity index is 1.80. The third-order valence-electron chi connectivity index (χ3n) is 4.66. The molecule has 0 spiro atoms. The summed E-state index contributed by atoms with van der Waals surface area (Å²) in [7, 11) is 0. The standard InChI is InChI=1S/C18H31N3/c1-5-19-12-15-6-7-17(20-13-15)14-21-10-8-16(9-11-21)18(2,3)4/h6-7,13,16,19H,5,8-12,14H2,1-4H3. The quantitative estimate of drug-likeness (QED) is 0.900. The van der Waals surface area contributed by atoms with E-state index in [-0.39, 0.29) is 0 Å². The lowest BCUT2D eigenvalue weighted by molar-refractivity contribution is 0.107. The minimum atomic E-state index is 0.457. The molecular weight excluding hydrogens is 258 g/mol. The lowest BCUT2D eigenvalue weighted by atomic mass is 9.75. The first-order chi connectivity index (χ1) is 9.99. The molecule has 1 aliphatic rings. The van der Waals surface area contributed by atoms with E-state index in [2.05, 4.69) is 55.0 Å². The average molecular weight is 289 g/mol. The Morgan fingerprint density at radius 1 is 1.24 bits per heavy atom. The van der Waals surface area contributed by atoms with Gasteiger partial charge in [0.1, 0.15) is 0 Å². The zero-order valence-corrected chi connectivity index (χ0v) is 14.2. The summed E-state index contributed by atoms with van der Waals surface area (Å²) in [6.45, 7) is 14.6. The number of rotatable bonds is 5. The molecule has 0 bridgehead atoms. The highest BCUT2D eigenvalue weighted by Gasteiger charge is 2.28. The van der Waals surface area contributed by atoms with E-state index < -0.39 is 0 Å². The van der Waals surface area contributed by atoms with Crippen LogP contribution in [0.15, 0.2) is 18.3 Å². The molecule has 1 aromatic heterocycles. The second-order valence-corrected chi connectivity index (χ2v) is 7.35. The second kappa shape index (κ2) is 7.37. The second-order valence-electron chi connectivity index (χ2n) is 7.35. The van der Waals surface area contributed by atoms with Crippen LogP contribution in [0.3, 0.4) is 0 Å². The molecule has 3 nitrogen and oxygen atoms in total. The molecule has 1 aliphatic heterocycles. The Bertz CT molecular complexity index is 411. The van der Waals surface area contributed by atoms with Crippen LogP contribution in [0.1, 0.15) is 51.8 Å². The molecule has 21 heavy (non-hydrogen) atoms. The fourth-order valence-corrected chi connectivity index (χ4v) is 3.11. The fraction of sp³-hybridized carbons (Fsp3) is 0.722. The van der Waals surface area contributed by atoms with Gasteiger partial charge in [-0.15, -0.1) is 0 Å². The van der Waals surface area contributed by atoms with Crippen LogP contribution < -0.4 is 5.32 Å². The Hall–Kier alpha value is -0.930. The molecule has 0 saturated carbocycles. The topological polar surface area (TPSA) is 28.2 Å². The van der Waals surface area contributed by atoms with Crippen molar-refractivity contribution in [3.8, 4) is 0 Å². The van der Waals surface area contributed by atoms with Crippen molar-refractivity contribution in [2.24, 2.45) is 11.3 Å². The van der Waals surface area contributed by atoms with Crippen molar-refractivity contribution < 1.29 is 0 Å². The first-order valence-electron chi connectivity index (χ1n) is 8.36. The smallest absolute Gasteiger partial charge is 0.0544 e. The minimum absolute atomic E-state index is 0.457. The van der Waals surface area contributed by atoms with E-state index in [1.165, 1.54) is 37.2 Å². The molecule has 3 heteroatoms. The maximum Gasteiger partial charge on any atom is 0.0544 e. The molecule has 0 atom stereocenters. The molecule has 0 aliphatic carbocycles. The molecule has 0 aromatic carbocycles. The number of hydrogen-bond acceptors (Lipinski definition) is 3. The highest BCUT2D eigenvalue weighted by atomic mass is 15.1. The Morgan fingerprint density at radius 3 is 2.48 bits per heavy atom. The van der Waals surface area contributed by atoms with Crippen LogP contribution in [-0.4, -0.2) is 29.5 Å². The molecule has 118 valence electrons. The van der Waals surface area contributed by atoms with E-state index in [1.807, 2.05) is 6.20 Å². The maximum atomic E-state index is 4.61. The summed E-state index contributed by atoms with van der Waals surface area (Å²) in [5, 5.41) is 3.33. The van der Waals surface area contributed by atoms with Gasteiger partial charge in [-0.05, 0) is 55.4 Å². The van der Waals surface area contributed by atoms with Crippen LogP contribution in [0.5, 0.6) is 0 Å². The molecule has 1 aromatic rings. The summed E-state index contributed by atoms with van der Waals surface area (Å²) in [4.78, 5) is 7.16. The minimum Gasteiger partial charge on any atom is -0.313 e. The van der Waals surface area contributed by atoms with E-state index in [1.54, 1.807) is 0 Å². The Kier molecular flexibility index (Phi) is 5.77. The lowest BCUT2D eigenvalue weighted by Gasteiger charge is -2.38. The van der Waals surface area contributed by atoms with Crippen molar-refractivity contribution >= 4 is 0 Å². The Labute approximate surface area is 130 Å². The molecule has 1 saturated heterocycles. The predicted molar refractivity (Wildman–Crippen MR) is 89.1 cm³/mol. The van der Waals surface area contributed by atoms with Gasteiger partial charge in [-0.3, -0.25) is 9.88 Å². The first kappa shape index (κ1) is 16.4. The zero-order valence-electron chi connectivity index (χ0n) is 14.2. The van der Waals surface area contributed by atoms with Crippen molar-refractivity contribution in [1.82, 2.24) is 15.2 Å². The van der Waals surface area contributed by atoms with Gasteiger partial charge >= 0.3 is 0 Å². The molecule has 0 amide bonds. The summed E-state index contributed by atoms with van der Waals surface area (Å²) in [6, 6.07) is 4.38. The third-order valence-corrected chi connectivity index (χ3v) is 4.66. The highest BCUT2D eigenvalue weighted by molar-refractivity contribution is 5.14. The zero-order chi connectivity index (χ0) is 15.3. The van der Waals surface area contributed by atoms with Crippen molar-refractivity contribution in [1.29, 1.82) is 0 Å². The number of likely N-dealkylation sites (tertiary alicyclic amines) is 1. The molecule has 2 heterocycles. The summed E-state index contributed by atoms with van der Waals surface area (Å²) in [5.74, 6) is 0.865. The molecule has 0 radical (unpaired) electrons. The van der Waals surface area contributed by atoms with E-state index >= 15 is 0 Å². The van der Waals surface area contributed by atoms with Crippen LogP contribution >= 0.6 is 0 Å². The molecule has 1 N–H and O–H groups in total. The number of nitrogens with zero attached hydrogens (tertiary/aromatic N) is 2. The number of hydrogen-bond donors (Lipinski definition) is 1. The highest BCUT2D eigenvalue weighted by Crippen LogP contribution is 2.34. The van der Waals surface area contributed by atoms with E-state index in [0.29, 0.717) is 5.41 Å². The van der Waals surface area contributed by atoms with Crippen molar-refractivity contribution in [3.63, 3.8) is 0 Å². The van der Waals surface area contributed by atoms with Crippen LogP contribution in [0.25, 0.3) is 0 Å². The van der Waals surface area contributed by atoms with Gasteiger partial charge in [-0.25, -0.2) is 0 Å². The summed E-state index contributed by atoms with van der Waals surface area (Å²) in [5.41, 5.74) is 2.93. The maximum absolute atomic E-state index is 4.61. The molecule has 2 rings (SSSR count). The monoisotopic (exact) mass is 289 g/mol. The van der Waals surface area contributed by atoms with Crippen molar-refractivity contribution in [2.75, 3.05) is 19.6 Å². The normalized spacial score (nSPS) is 18.1. The van der Waals surface area contributed by atoms with Crippen LogP contribution in [0.4, 0.5) is 0 Å². The van der Waals surface area contributed by atoms with Gasteiger partial charge in [-0.1, -0.05) is 33.8 Å². The van der Waals surface area contributed by atoms with Crippen LogP contribution in [-0.2, 0) is 13.1 Å². The van der Waals surface area contributed by atoms with Gasteiger partial charge in [0.2, 0.25) is 0 Å². The summed E-state index contributed by atoms with van der Waals surface area (Å²) in [6.07, 6.45) is 4.66. The van der Waals surface area contributed by atoms with Gasteiger partial charge in [0.15, 0.2) is 0 Å². The van der Waals surface area contributed by atoms with Gasteiger partial charge in [0.25, 0.3) is 0 Å².